The Kier molecular flexibility index (Phi) is 3.18. The third kappa shape index (κ3) is 2.61. The molecule has 4 nitrogen and oxygen atoms in total. The van der Waals surface area contributed by atoms with E-state index in [4.69, 9.17) is 10.8 Å². The monoisotopic (exact) mass is 216 g/mol. The van der Waals surface area contributed by atoms with E-state index in [1.54, 1.807) is 0 Å². The molecule has 15 heavy (non-hydrogen) atoms. The molecule has 1 aromatic rings. The van der Waals surface area contributed by atoms with Crippen molar-refractivity contribution in [2.75, 3.05) is 5.73 Å². The number of carboxylic acids is 1. The summed E-state index contributed by atoms with van der Waals surface area (Å²) in [5.41, 5.74) is 5.30. The number of nitrogens with zero attached hydrogens (tertiary/aromatic N) is 1. The molecule has 0 saturated carbocycles. The van der Waals surface area contributed by atoms with Crippen LogP contribution in [0, 0.1) is 6.92 Å². The van der Waals surface area contributed by atoms with Gasteiger partial charge in [0.25, 0.3) is 6.43 Å². The summed E-state index contributed by atoms with van der Waals surface area (Å²) in [6, 6.07) is 1.06. The molecule has 0 bridgehead atoms. The number of rotatable bonds is 3. The molecule has 1 heterocycles. The number of anilines is 1. The van der Waals surface area contributed by atoms with Crippen molar-refractivity contribution in [3.8, 4) is 0 Å². The molecular formula is C9H10F2N2O2. The highest BCUT2D eigenvalue weighted by atomic mass is 19.3. The second-order valence-electron chi connectivity index (χ2n) is 3.08. The van der Waals surface area contributed by atoms with Gasteiger partial charge >= 0.3 is 5.97 Å². The molecule has 0 atom stereocenters. The van der Waals surface area contributed by atoms with Crippen LogP contribution in [-0.2, 0) is 11.2 Å². The molecular weight excluding hydrogens is 206 g/mol. The van der Waals surface area contributed by atoms with Crippen LogP contribution in [0.25, 0.3) is 0 Å². The Morgan fingerprint density at radius 3 is 2.73 bits per heavy atom. The van der Waals surface area contributed by atoms with Crippen molar-refractivity contribution in [1.29, 1.82) is 0 Å². The highest BCUT2D eigenvalue weighted by Crippen LogP contribution is 2.25. The Balaban J connectivity index is 3.21. The van der Waals surface area contributed by atoms with Crippen LogP contribution >= 0.6 is 0 Å². The molecule has 0 aliphatic rings. The van der Waals surface area contributed by atoms with Gasteiger partial charge in [0.2, 0.25) is 0 Å². The van der Waals surface area contributed by atoms with Crippen LogP contribution in [0.5, 0.6) is 0 Å². The van der Waals surface area contributed by atoms with Crippen molar-refractivity contribution in [1.82, 2.24) is 4.98 Å². The van der Waals surface area contributed by atoms with E-state index in [9.17, 15) is 13.6 Å². The number of carbonyl (C=O) groups is 1. The molecule has 0 radical (unpaired) electrons. The van der Waals surface area contributed by atoms with E-state index >= 15 is 0 Å². The molecule has 0 aliphatic carbocycles. The molecule has 0 saturated heterocycles. The maximum Gasteiger partial charge on any atom is 0.309 e. The van der Waals surface area contributed by atoms with E-state index < -0.39 is 18.8 Å². The number of nitrogen functional groups attached to an aromatic ring is 1. The SMILES string of the molecule is Cc1c(C(F)F)cc(N)nc1CC(=O)O. The number of halogens is 2. The van der Waals surface area contributed by atoms with Crippen molar-refractivity contribution in [3.05, 3.63) is 22.9 Å². The summed E-state index contributed by atoms with van der Waals surface area (Å²) in [6.45, 7) is 1.41. The molecule has 1 rings (SSSR count). The van der Waals surface area contributed by atoms with Crippen LogP contribution < -0.4 is 5.73 Å². The van der Waals surface area contributed by atoms with E-state index in [0.29, 0.717) is 0 Å². The molecule has 0 aliphatic heterocycles. The maximum atomic E-state index is 12.5. The van der Waals surface area contributed by atoms with Crippen LogP contribution in [0.4, 0.5) is 14.6 Å². The molecule has 82 valence electrons. The zero-order chi connectivity index (χ0) is 11.6. The van der Waals surface area contributed by atoms with E-state index in [-0.39, 0.29) is 22.6 Å². The van der Waals surface area contributed by atoms with Gasteiger partial charge < -0.3 is 10.8 Å². The molecule has 0 fully saturated rings. The Morgan fingerprint density at radius 2 is 2.27 bits per heavy atom. The zero-order valence-corrected chi connectivity index (χ0v) is 8.00. The lowest BCUT2D eigenvalue weighted by Gasteiger charge is -2.09. The molecule has 3 N–H and O–H groups in total. The summed E-state index contributed by atoms with van der Waals surface area (Å²) in [5, 5.41) is 8.54. The third-order valence-corrected chi connectivity index (χ3v) is 1.99. The lowest BCUT2D eigenvalue weighted by atomic mass is 10.1. The summed E-state index contributed by atoms with van der Waals surface area (Å²) in [6.07, 6.45) is -3.08. The van der Waals surface area contributed by atoms with Crippen LogP contribution in [0.3, 0.4) is 0 Å². The van der Waals surface area contributed by atoms with Gasteiger partial charge in [-0.3, -0.25) is 4.79 Å². The van der Waals surface area contributed by atoms with Gasteiger partial charge in [-0.2, -0.15) is 0 Å². The minimum atomic E-state index is -2.68. The Morgan fingerprint density at radius 1 is 1.67 bits per heavy atom. The molecule has 6 heteroatoms. The number of carboxylic acid groups (broad SMARTS) is 1. The quantitative estimate of drug-likeness (QED) is 0.803. The second-order valence-corrected chi connectivity index (χ2v) is 3.08. The van der Waals surface area contributed by atoms with Crippen molar-refractivity contribution in [3.63, 3.8) is 0 Å². The summed E-state index contributed by atoms with van der Waals surface area (Å²) >= 11 is 0. The summed E-state index contributed by atoms with van der Waals surface area (Å²) in [7, 11) is 0. The van der Waals surface area contributed by atoms with Crippen molar-refractivity contribution < 1.29 is 18.7 Å². The summed E-state index contributed by atoms with van der Waals surface area (Å²) in [4.78, 5) is 14.2. The standard InChI is InChI=1S/C9H10F2N2O2/c1-4-5(9(10)11)2-7(12)13-6(4)3-8(14)15/h2,9H,3H2,1H3,(H2,12,13)(H,14,15). The first-order valence-corrected chi connectivity index (χ1v) is 4.17. The Hall–Kier alpha value is -1.72. The van der Waals surface area contributed by atoms with Crippen LogP contribution in [0.15, 0.2) is 6.07 Å². The predicted molar refractivity (Wildman–Crippen MR) is 49.7 cm³/mol. The number of hydrogen-bond donors (Lipinski definition) is 2. The number of hydrogen-bond acceptors (Lipinski definition) is 3. The fraction of sp³-hybridized carbons (Fsp3) is 0.333. The first-order valence-electron chi connectivity index (χ1n) is 4.17. The molecule has 0 amide bonds. The largest absolute Gasteiger partial charge is 0.481 e. The molecule has 0 unspecified atom stereocenters. The van der Waals surface area contributed by atoms with Crippen LogP contribution in [0.2, 0.25) is 0 Å². The van der Waals surface area contributed by atoms with Crippen molar-refractivity contribution in [2.24, 2.45) is 0 Å². The first-order chi connectivity index (χ1) is 6.91. The Labute approximate surface area is 84.7 Å². The normalized spacial score (nSPS) is 10.7. The minimum absolute atomic E-state index is 0.0813. The zero-order valence-electron chi connectivity index (χ0n) is 8.00. The molecule has 1 aromatic heterocycles. The van der Waals surface area contributed by atoms with Gasteiger partial charge in [-0.15, -0.1) is 0 Å². The topological polar surface area (TPSA) is 76.2 Å². The Bertz CT molecular complexity index is 394. The second kappa shape index (κ2) is 4.20. The molecule has 0 spiro atoms. The van der Waals surface area contributed by atoms with Crippen LogP contribution in [-0.4, -0.2) is 16.1 Å². The number of pyridine rings is 1. The third-order valence-electron chi connectivity index (χ3n) is 1.99. The average Bonchev–Trinajstić information content (AvgIpc) is 2.09. The number of aliphatic carboxylic acids is 1. The fourth-order valence-electron chi connectivity index (χ4n) is 1.25. The lowest BCUT2D eigenvalue weighted by molar-refractivity contribution is -0.136. The van der Waals surface area contributed by atoms with Crippen molar-refractivity contribution in [2.45, 2.75) is 19.8 Å². The van der Waals surface area contributed by atoms with Gasteiger partial charge in [0.05, 0.1) is 12.1 Å². The predicted octanol–water partition coefficient (Wildman–Crippen LogP) is 1.54. The summed E-state index contributed by atoms with van der Waals surface area (Å²) in [5.74, 6) is -1.22. The smallest absolute Gasteiger partial charge is 0.309 e. The first kappa shape index (κ1) is 11.4. The average molecular weight is 216 g/mol. The van der Waals surface area contributed by atoms with E-state index in [2.05, 4.69) is 4.98 Å². The van der Waals surface area contributed by atoms with Crippen molar-refractivity contribution >= 4 is 11.8 Å². The van der Waals surface area contributed by atoms with Gasteiger partial charge in [-0.25, -0.2) is 13.8 Å². The molecule has 0 aromatic carbocycles. The summed E-state index contributed by atoms with van der Waals surface area (Å²) < 4.78 is 25.0. The highest BCUT2D eigenvalue weighted by molar-refractivity contribution is 5.70. The number of nitrogens with two attached hydrogens (primary N) is 1. The van der Waals surface area contributed by atoms with Gasteiger partial charge in [0.1, 0.15) is 5.82 Å². The lowest BCUT2D eigenvalue weighted by Crippen LogP contribution is -2.08. The minimum Gasteiger partial charge on any atom is -0.481 e. The van der Waals surface area contributed by atoms with E-state index in [1.807, 2.05) is 0 Å². The highest BCUT2D eigenvalue weighted by Gasteiger charge is 2.16. The van der Waals surface area contributed by atoms with Gasteiger partial charge in [-0.1, -0.05) is 0 Å². The van der Waals surface area contributed by atoms with E-state index in [0.717, 1.165) is 6.07 Å². The van der Waals surface area contributed by atoms with Crippen LogP contribution in [0.1, 0.15) is 23.2 Å². The van der Waals surface area contributed by atoms with Gasteiger partial charge in [-0.05, 0) is 18.6 Å². The van der Waals surface area contributed by atoms with Gasteiger partial charge in [0.15, 0.2) is 0 Å². The fourth-order valence-corrected chi connectivity index (χ4v) is 1.25. The number of alkyl halides is 2. The van der Waals surface area contributed by atoms with E-state index in [1.165, 1.54) is 6.92 Å². The maximum absolute atomic E-state index is 12.5. The van der Waals surface area contributed by atoms with Gasteiger partial charge in [0, 0.05) is 5.56 Å². The number of aromatic nitrogens is 1.